The van der Waals surface area contributed by atoms with E-state index in [1.807, 2.05) is 6.92 Å². The van der Waals surface area contributed by atoms with Crippen molar-refractivity contribution in [3.8, 4) is 12.3 Å². The average molecular weight is 181 g/mol. The number of hydrogen-bond donors (Lipinski definition) is 1. The van der Waals surface area contributed by atoms with Crippen molar-refractivity contribution in [2.45, 2.75) is 51.3 Å². The summed E-state index contributed by atoms with van der Waals surface area (Å²) < 4.78 is 5.47. The van der Waals surface area contributed by atoms with Crippen molar-refractivity contribution in [3.05, 3.63) is 0 Å². The number of hydrogen-bond acceptors (Lipinski definition) is 2. The molecule has 0 aromatic heterocycles. The summed E-state index contributed by atoms with van der Waals surface area (Å²) in [7, 11) is 0. The summed E-state index contributed by atoms with van der Waals surface area (Å²) >= 11 is 0. The van der Waals surface area contributed by atoms with Gasteiger partial charge in [-0.2, -0.15) is 0 Å². The van der Waals surface area contributed by atoms with Crippen molar-refractivity contribution in [2.75, 3.05) is 6.61 Å². The van der Waals surface area contributed by atoms with Crippen LogP contribution in [0.15, 0.2) is 0 Å². The Morgan fingerprint density at radius 1 is 1.54 bits per heavy atom. The van der Waals surface area contributed by atoms with Crippen molar-refractivity contribution in [1.82, 2.24) is 5.32 Å². The van der Waals surface area contributed by atoms with Crippen molar-refractivity contribution >= 4 is 0 Å². The van der Waals surface area contributed by atoms with Crippen molar-refractivity contribution in [2.24, 2.45) is 0 Å². The molecular weight excluding hydrogens is 162 g/mol. The molecule has 1 rings (SSSR count). The maximum absolute atomic E-state index is 5.47. The molecule has 0 bridgehead atoms. The summed E-state index contributed by atoms with van der Waals surface area (Å²) in [6, 6.07) is 0.824. The first-order chi connectivity index (χ1) is 6.30. The van der Waals surface area contributed by atoms with Crippen LogP contribution in [-0.2, 0) is 4.74 Å². The zero-order valence-electron chi connectivity index (χ0n) is 8.55. The van der Waals surface area contributed by atoms with Gasteiger partial charge in [-0.05, 0) is 26.2 Å². The van der Waals surface area contributed by atoms with E-state index in [-0.39, 0.29) is 6.04 Å². The maximum Gasteiger partial charge on any atom is 0.0686 e. The van der Waals surface area contributed by atoms with E-state index in [0.29, 0.717) is 12.1 Å². The van der Waals surface area contributed by atoms with Gasteiger partial charge in [0, 0.05) is 12.6 Å². The largest absolute Gasteiger partial charge is 0.378 e. The molecule has 0 heterocycles. The SMILES string of the molecule is C#CC(CC)NC1CC(OCC)C1. The lowest BCUT2D eigenvalue weighted by Crippen LogP contribution is -2.48. The first-order valence-electron chi connectivity index (χ1n) is 5.13. The van der Waals surface area contributed by atoms with Crippen LogP contribution in [0.3, 0.4) is 0 Å². The Labute approximate surface area is 81.0 Å². The second kappa shape index (κ2) is 5.26. The van der Waals surface area contributed by atoms with E-state index in [0.717, 1.165) is 25.9 Å². The van der Waals surface area contributed by atoms with E-state index < -0.39 is 0 Å². The summed E-state index contributed by atoms with van der Waals surface area (Å²) in [5.41, 5.74) is 0. The third kappa shape index (κ3) is 3.02. The van der Waals surface area contributed by atoms with Gasteiger partial charge in [0.15, 0.2) is 0 Å². The Morgan fingerprint density at radius 2 is 2.23 bits per heavy atom. The van der Waals surface area contributed by atoms with Gasteiger partial charge in [-0.15, -0.1) is 6.42 Å². The minimum atomic E-state index is 0.243. The van der Waals surface area contributed by atoms with Gasteiger partial charge in [0.05, 0.1) is 12.1 Å². The highest BCUT2D eigenvalue weighted by molar-refractivity contribution is 5.01. The van der Waals surface area contributed by atoms with Gasteiger partial charge in [0.25, 0.3) is 0 Å². The van der Waals surface area contributed by atoms with E-state index in [1.54, 1.807) is 0 Å². The van der Waals surface area contributed by atoms with E-state index in [4.69, 9.17) is 11.2 Å². The zero-order chi connectivity index (χ0) is 9.68. The average Bonchev–Trinajstić information content (AvgIpc) is 2.09. The van der Waals surface area contributed by atoms with Crippen LogP contribution in [0.4, 0.5) is 0 Å². The molecule has 0 saturated heterocycles. The molecule has 1 aliphatic rings. The maximum atomic E-state index is 5.47. The fourth-order valence-electron chi connectivity index (χ4n) is 1.64. The molecule has 1 N–H and O–H groups in total. The predicted octanol–water partition coefficient (Wildman–Crippen LogP) is 1.56. The lowest BCUT2D eigenvalue weighted by Gasteiger charge is -2.36. The van der Waals surface area contributed by atoms with Gasteiger partial charge in [-0.25, -0.2) is 0 Å². The lowest BCUT2D eigenvalue weighted by atomic mass is 9.88. The van der Waals surface area contributed by atoms with Crippen LogP contribution in [-0.4, -0.2) is 24.8 Å². The highest BCUT2D eigenvalue weighted by Crippen LogP contribution is 2.23. The number of rotatable bonds is 5. The fourth-order valence-corrected chi connectivity index (χ4v) is 1.64. The van der Waals surface area contributed by atoms with Gasteiger partial charge < -0.3 is 10.1 Å². The molecule has 0 radical (unpaired) electrons. The lowest BCUT2D eigenvalue weighted by molar-refractivity contribution is -0.0111. The number of terminal acetylenes is 1. The predicted molar refractivity (Wildman–Crippen MR) is 54.5 cm³/mol. The summed E-state index contributed by atoms with van der Waals surface area (Å²) in [6.45, 7) is 4.97. The van der Waals surface area contributed by atoms with Gasteiger partial charge in [-0.3, -0.25) is 0 Å². The highest BCUT2D eigenvalue weighted by Gasteiger charge is 2.30. The Hall–Kier alpha value is -0.520. The molecule has 1 saturated carbocycles. The normalized spacial score (nSPS) is 29.0. The van der Waals surface area contributed by atoms with Gasteiger partial charge in [0.2, 0.25) is 0 Å². The molecule has 1 atom stereocenters. The minimum absolute atomic E-state index is 0.243. The Kier molecular flexibility index (Phi) is 4.27. The number of nitrogens with one attached hydrogen (secondary N) is 1. The number of ether oxygens (including phenoxy) is 1. The van der Waals surface area contributed by atoms with E-state index in [2.05, 4.69) is 18.2 Å². The van der Waals surface area contributed by atoms with Crippen molar-refractivity contribution in [1.29, 1.82) is 0 Å². The van der Waals surface area contributed by atoms with Crippen LogP contribution in [0.25, 0.3) is 0 Å². The molecular formula is C11H19NO. The molecule has 1 unspecified atom stereocenters. The molecule has 2 nitrogen and oxygen atoms in total. The van der Waals surface area contributed by atoms with Crippen LogP contribution < -0.4 is 5.32 Å². The zero-order valence-corrected chi connectivity index (χ0v) is 8.55. The first kappa shape index (κ1) is 10.6. The molecule has 1 aliphatic carbocycles. The molecule has 0 spiro atoms. The van der Waals surface area contributed by atoms with Crippen LogP contribution in [0.1, 0.15) is 33.1 Å². The van der Waals surface area contributed by atoms with Crippen LogP contribution in [0.5, 0.6) is 0 Å². The molecule has 13 heavy (non-hydrogen) atoms. The van der Waals surface area contributed by atoms with E-state index in [9.17, 15) is 0 Å². The summed E-state index contributed by atoms with van der Waals surface area (Å²) in [5, 5.41) is 3.43. The van der Waals surface area contributed by atoms with Crippen LogP contribution in [0.2, 0.25) is 0 Å². The van der Waals surface area contributed by atoms with Gasteiger partial charge >= 0.3 is 0 Å². The fraction of sp³-hybridized carbons (Fsp3) is 0.818. The monoisotopic (exact) mass is 181 g/mol. The standard InChI is InChI=1S/C11H19NO/c1-4-9(5-2)12-10-7-11(8-10)13-6-3/h1,9-12H,5-8H2,2-3H3. The van der Waals surface area contributed by atoms with Crippen molar-refractivity contribution in [3.63, 3.8) is 0 Å². The Morgan fingerprint density at radius 3 is 2.69 bits per heavy atom. The quantitative estimate of drug-likeness (QED) is 0.650. The molecule has 0 aromatic rings. The summed E-state index contributed by atoms with van der Waals surface area (Å²) in [4.78, 5) is 0. The molecule has 0 amide bonds. The summed E-state index contributed by atoms with van der Waals surface area (Å²) in [6.07, 6.45) is 9.07. The minimum Gasteiger partial charge on any atom is -0.378 e. The van der Waals surface area contributed by atoms with Crippen LogP contribution in [0, 0.1) is 12.3 Å². The third-order valence-electron chi connectivity index (χ3n) is 2.54. The van der Waals surface area contributed by atoms with Crippen molar-refractivity contribution < 1.29 is 4.74 Å². The molecule has 0 aliphatic heterocycles. The highest BCUT2D eigenvalue weighted by atomic mass is 16.5. The van der Waals surface area contributed by atoms with Crippen LogP contribution >= 0.6 is 0 Å². The van der Waals surface area contributed by atoms with E-state index in [1.165, 1.54) is 0 Å². The Balaban J connectivity index is 2.11. The second-order valence-electron chi connectivity index (χ2n) is 3.54. The summed E-state index contributed by atoms with van der Waals surface area (Å²) in [5.74, 6) is 2.75. The smallest absolute Gasteiger partial charge is 0.0686 e. The second-order valence-corrected chi connectivity index (χ2v) is 3.54. The molecule has 1 fully saturated rings. The van der Waals surface area contributed by atoms with Gasteiger partial charge in [0.1, 0.15) is 0 Å². The molecule has 0 aromatic carbocycles. The first-order valence-corrected chi connectivity index (χ1v) is 5.13. The Bertz CT molecular complexity index is 179. The van der Waals surface area contributed by atoms with Gasteiger partial charge in [-0.1, -0.05) is 12.8 Å². The topological polar surface area (TPSA) is 21.3 Å². The third-order valence-corrected chi connectivity index (χ3v) is 2.54. The molecule has 74 valence electrons. The van der Waals surface area contributed by atoms with E-state index >= 15 is 0 Å². The molecule has 2 heteroatoms.